The molecule has 4 nitrogen and oxygen atoms in total. The molecule has 1 N–H and O–H groups in total. The van der Waals surface area contributed by atoms with E-state index in [0.29, 0.717) is 34.5 Å². The molecule has 0 aliphatic heterocycles. The summed E-state index contributed by atoms with van der Waals surface area (Å²) >= 11 is 12.7. The van der Waals surface area contributed by atoms with E-state index in [9.17, 15) is 9.59 Å². The van der Waals surface area contributed by atoms with Crippen molar-refractivity contribution in [2.75, 3.05) is 6.54 Å². The van der Waals surface area contributed by atoms with Crippen molar-refractivity contribution in [3.05, 3.63) is 69.7 Å². The van der Waals surface area contributed by atoms with Crippen molar-refractivity contribution >= 4 is 35.0 Å². The molecule has 0 fully saturated rings. The molecule has 156 valence electrons. The lowest BCUT2D eigenvalue weighted by Gasteiger charge is -2.32. The Hall–Kier alpha value is -2.04. The van der Waals surface area contributed by atoms with E-state index in [1.165, 1.54) is 0 Å². The monoisotopic (exact) mass is 434 g/mol. The van der Waals surface area contributed by atoms with Crippen LogP contribution in [0.2, 0.25) is 10.0 Å². The Morgan fingerprint density at radius 1 is 1.00 bits per heavy atom. The van der Waals surface area contributed by atoms with E-state index in [-0.39, 0.29) is 24.8 Å². The van der Waals surface area contributed by atoms with Crippen molar-refractivity contribution in [3.63, 3.8) is 0 Å². The number of hydrogen-bond acceptors (Lipinski definition) is 2. The first-order chi connectivity index (χ1) is 13.8. The highest BCUT2D eigenvalue weighted by atomic mass is 35.5. The van der Waals surface area contributed by atoms with Crippen LogP contribution in [-0.4, -0.2) is 29.3 Å². The van der Waals surface area contributed by atoms with Crippen LogP contribution in [-0.2, 0) is 22.6 Å². The Bertz CT molecular complexity index is 805. The van der Waals surface area contributed by atoms with Gasteiger partial charge in [0.2, 0.25) is 11.8 Å². The van der Waals surface area contributed by atoms with Crippen LogP contribution in [0.3, 0.4) is 0 Å². The van der Waals surface area contributed by atoms with Crippen LogP contribution < -0.4 is 5.32 Å². The van der Waals surface area contributed by atoms with E-state index < -0.39 is 6.04 Å². The van der Waals surface area contributed by atoms with Crippen LogP contribution in [0.4, 0.5) is 0 Å². The molecule has 0 unspecified atom stereocenters. The molecule has 2 amide bonds. The van der Waals surface area contributed by atoms with Crippen LogP contribution in [0.1, 0.15) is 38.3 Å². The van der Waals surface area contributed by atoms with Gasteiger partial charge in [0, 0.05) is 41.5 Å². The standard InChI is InChI=1S/C23H28Cl2N2O2/c1-4-22(28)27(15-18-19(24)11-8-12-20(18)25)21(23(29)26-14-16(2)3)13-17-9-6-5-7-10-17/h5-12,16,21H,4,13-15H2,1-3H3,(H,26,29)/t21-/m0/s1. The quantitative estimate of drug-likeness (QED) is 0.595. The molecule has 6 heteroatoms. The van der Waals surface area contributed by atoms with Crippen molar-refractivity contribution in [1.29, 1.82) is 0 Å². The van der Waals surface area contributed by atoms with Gasteiger partial charge in [0.1, 0.15) is 6.04 Å². The maximum absolute atomic E-state index is 13.1. The molecule has 0 bridgehead atoms. The molecule has 2 aromatic carbocycles. The Labute approximate surface area is 183 Å². The third-order valence-corrected chi connectivity index (χ3v) is 5.36. The minimum Gasteiger partial charge on any atom is -0.354 e. The van der Waals surface area contributed by atoms with Gasteiger partial charge in [-0.25, -0.2) is 0 Å². The molecule has 2 aromatic rings. The summed E-state index contributed by atoms with van der Waals surface area (Å²) in [5, 5.41) is 3.94. The maximum Gasteiger partial charge on any atom is 0.243 e. The van der Waals surface area contributed by atoms with Crippen molar-refractivity contribution in [3.8, 4) is 0 Å². The number of rotatable bonds is 9. The molecular weight excluding hydrogens is 407 g/mol. The Balaban J connectivity index is 2.39. The first kappa shape index (κ1) is 23.2. The van der Waals surface area contributed by atoms with Gasteiger partial charge in [-0.2, -0.15) is 0 Å². The van der Waals surface area contributed by atoms with Gasteiger partial charge < -0.3 is 10.2 Å². The van der Waals surface area contributed by atoms with Crippen molar-refractivity contribution < 1.29 is 9.59 Å². The topological polar surface area (TPSA) is 49.4 Å². The summed E-state index contributed by atoms with van der Waals surface area (Å²) in [7, 11) is 0. The highest BCUT2D eigenvalue weighted by Gasteiger charge is 2.30. The minimum absolute atomic E-state index is 0.124. The van der Waals surface area contributed by atoms with Gasteiger partial charge in [-0.15, -0.1) is 0 Å². The first-order valence-corrected chi connectivity index (χ1v) is 10.6. The van der Waals surface area contributed by atoms with Crippen LogP contribution in [0.5, 0.6) is 0 Å². The number of nitrogens with zero attached hydrogens (tertiary/aromatic N) is 1. The van der Waals surface area contributed by atoms with E-state index in [2.05, 4.69) is 5.32 Å². The largest absolute Gasteiger partial charge is 0.354 e. The van der Waals surface area contributed by atoms with Gasteiger partial charge in [-0.05, 0) is 23.6 Å². The summed E-state index contributed by atoms with van der Waals surface area (Å²) in [4.78, 5) is 27.6. The summed E-state index contributed by atoms with van der Waals surface area (Å²) in [5.74, 6) is 0.0128. The number of hydrogen-bond donors (Lipinski definition) is 1. The van der Waals surface area contributed by atoms with Crippen LogP contribution in [0, 0.1) is 5.92 Å². The molecule has 0 aliphatic rings. The van der Waals surface area contributed by atoms with Gasteiger partial charge >= 0.3 is 0 Å². The Morgan fingerprint density at radius 2 is 1.62 bits per heavy atom. The van der Waals surface area contributed by atoms with Gasteiger partial charge in [0.05, 0.1) is 0 Å². The predicted molar refractivity (Wildman–Crippen MR) is 119 cm³/mol. The highest BCUT2D eigenvalue weighted by molar-refractivity contribution is 6.36. The normalized spacial score (nSPS) is 11.9. The SMILES string of the molecule is CCC(=O)N(Cc1c(Cl)cccc1Cl)[C@@H](Cc1ccccc1)C(=O)NCC(C)C. The molecule has 0 saturated heterocycles. The van der Waals surface area contributed by atoms with Crippen LogP contribution in [0.25, 0.3) is 0 Å². The second-order valence-electron chi connectivity index (χ2n) is 7.42. The van der Waals surface area contributed by atoms with Gasteiger partial charge in [0.25, 0.3) is 0 Å². The molecule has 2 rings (SSSR count). The molecule has 29 heavy (non-hydrogen) atoms. The zero-order chi connectivity index (χ0) is 21.4. The predicted octanol–water partition coefficient (Wildman–Crippen LogP) is 5.12. The number of benzene rings is 2. The average molecular weight is 435 g/mol. The fourth-order valence-corrected chi connectivity index (χ4v) is 3.55. The van der Waals surface area contributed by atoms with Crippen molar-refractivity contribution in [2.45, 2.75) is 46.2 Å². The van der Waals surface area contributed by atoms with Crippen LogP contribution in [0.15, 0.2) is 48.5 Å². The Morgan fingerprint density at radius 3 is 2.17 bits per heavy atom. The number of halogens is 2. The second kappa shape index (κ2) is 11.2. The van der Waals surface area contributed by atoms with E-state index in [1.54, 1.807) is 30.0 Å². The molecule has 0 spiro atoms. The molecular formula is C23H28Cl2N2O2. The summed E-state index contributed by atoms with van der Waals surface area (Å²) in [6, 6.07) is 14.3. The number of carbonyl (C=O) groups is 2. The maximum atomic E-state index is 13.1. The third-order valence-electron chi connectivity index (χ3n) is 4.65. The summed E-state index contributed by atoms with van der Waals surface area (Å²) < 4.78 is 0. The third kappa shape index (κ3) is 6.76. The molecule has 0 aromatic heterocycles. The molecule has 1 atom stereocenters. The van der Waals surface area contributed by atoms with E-state index >= 15 is 0 Å². The highest BCUT2D eigenvalue weighted by Crippen LogP contribution is 2.27. The van der Waals surface area contributed by atoms with Gasteiger partial charge in [-0.3, -0.25) is 9.59 Å². The van der Waals surface area contributed by atoms with Gasteiger partial charge in [0.15, 0.2) is 0 Å². The van der Waals surface area contributed by atoms with E-state index in [0.717, 1.165) is 5.56 Å². The smallest absolute Gasteiger partial charge is 0.243 e. The van der Waals surface area contributed by atoms with E-state index in [1.807, 2.05) is 44.2 Å². The zero-order valence-corrected chi connectivity index (χ0v) is 18.6. The van der Waals surface area contributed by atoms with Crippen LogP contribution >= 0.6 is 23.2 Å². The molecule has 0 radical (unpaired) electrons. The summed E-state index contributed by atoms with van der Waals surface area (Å²) in [6.07, 6.45) is 0.698. The van der Waals surface area contributed by atoms with Gasteiger partial charge in [-0.1, -0.05) is 80.4 Å². The molecule has 0 heterocycles. The first-order valence-electron chi connectivity index (χ1n) is 9.87. The lowest BCUT2D eigenvalue weighted by Crippen LogP contribution is -2.51. The van der Waals surface area contributed by atoms with Crippen molar-refractivity contribution in [1.82, 2.24) is 10.2 Å². The lowest BCUT2D eigenvalue weighted by molar-refractivity contribution is -0.141. The fourth-order valence-electron chi connectivity index (χ4n) is 3.03. The number of nitrogens with one attached hydrogen (secondary N) is 1. The summed E-state index contributed by atoms with van der Waals surface area (Å²) in [5.41, 5.74) is 1.63. The van der Waals surface area contributed by atoms with Crippen molar-refractivity contribution in [2.24, 2.45) is 5.92 Å². The minimum atomic E-state index is -0.657. The number of amides is 2. The second-order valence-corrected chi connectivity index (χ2v) is 8.23. The number of carbonyl (C=O) groups excluding carboxylic acids is 2. The van der Waals surface area contributed by atoms with E-state index in [4.69, 9.17) is 23.2 Å². The zero-order valence-electron chi connectivity index (χ0n) is 17.1. The average Bonchev–Trinajstić information content (AvgIpc) is 2.70. The Kier molecular flexibility index (Phi) is 8.99. The molecule has 0 saturated carbocycles. The fraction of sp³-hybridized carbons (Fsp3) is 0.391. The lowest BCUT2D eigenvalue weighted by atomic mass is 10.0. The summed E-state index contributed by atoms with van der Waals surface area (Å²) in [6.45, 7) is 6.58. The molecule has 0 aliphatic carbocycles.